The molecule has 0 aliphatic heterocycles. The number of halogens is 1. The molecule has 2 aromatic rings. The predicted molar refractivity (Wildman–Crippen MR) is 90.3 cm³/mol. The van der Waals surface area contributed by atoms with E-state index in [4.69, 9.17) is 11.6 Å². The van der Waals surface area contributed by atoms with E-state index in [2.05, 4.69) is 20.6 Å². The zero-order valence-electron chi connectivity index (χ0n) is 12.2. The Morgan fingerprint density at radius 3 is 2.70 bits per heavy atom. The summed E-state index contributed by atoms with van der Waals surface area (Å²) in [6, 6.07) is 2.89. The summed E-state index contributed by atoms with van der Waals surface area (Å²) in [5.74, 6) is 0.341. The van der Waals surface area contributed by atoms with Crippen LogP contribution in [0.1, 0.15) is 36.0 Å². The molecular formula is C15H15ClN4O2S. The third kappa shape index (κ3) is 3.86. The maximum atomic E-state index is 12.6. The van der Waals surface area contributed by atoms with Gasteiger partial charge in [-0.05, 0) is 25.0 Å². The summed E-state index contributed by atoms with van der Waals surface area (Å²) in [6.07, 6.45) is 6.95. The first-order valence-corrected chi connectivity index (χ1v) is 8.51. The zero-order valence-corrected chi connectivity index (χ0v) is 13.8. The van der Waals surface area contributed by atoms with Crippen LogP contribution in [0.2, 0.25) is 4.34 Å². The standard InChI is InChI=1S/C15H15ClN4O2S/c16-11-8-18-15(23-11)20-14(22)19-13-10(6-3-7-17-13)12(21)9-4-1-2-5-9/h3,6-9H,1-2,4-5H2,(H2,17,18,19,20,22). The van der Waals surface area contributed by atoms with Crippen LogP contribution in [0.3, 0.4) is 0 Å². The van der Waals surface area contributed by atoms with Crippen molar-refractivity contribution in [2.45, 2.75) is 25.7 Å². The fourth-order valence-electron chi connectivity index (χ4n) is 2.66. The highest BCUT2D eigenvalue weighted by molar-refractivity contribution is 7.19. The Hall–Kier alpha value is -1.99. The van der Waals surface area contributed by atoms with Gasteiger partial charge in [-0.3, -0.25) is 15.4 Å². The molecule has 0 atom stereocenters. The number of thiazole rings is 1. The molecule has 1 fully saturated rings. The molecule has 23 heavy (non-hydrogen) atoms. The maximum Gasteiger partial charge on any atom is 0.326 e. The summed E-state index contributed by atoms with van der Waals surface area (Å²) in [5, 5.41) is 5.56. The molecule has 120 valence electrons. The van der Waals surface area contributed by atoms with Crippen LogP contribution >= 0.6 is 22.9 Å². The molecule has 1 saturated carbocycles. The minimum Gasteiger partial charge on any atom is -0.294 e. The number of hydrogen-bond donors (Lipinski definition) is 2. The van der Waals surface area contributed by atoms with Crippen LogP contribution in [-0.4, -0.2) is 21.8 Å². The molecule has 1 aliphatic rings. The topological polar surface area (TPSA) is 84.0 Å². The fourth-order valence-corrected chi connectivity index (χ4v) is 3.47. The largest absolute Gasteiger partial charge is 0.326 e. The molecule has 8 heteroatoms. The second kappa shape index (κ2) is 7.06. The van der Waals surface area contributed by atoms with Gasteiger partial charge in [0, 0.05) is 12.1 Å². The Balaban J connectivity index is 1.72. The minimum absolute atomic E-state index is 0.0283. The quantitative estimate of drug-likeness (QED) is 0.809. The number of hydrogen-bond acceptors (Lipinski definition) is 5. The van der Waals surface area contributed by atoms with E-state index in [1.807, 2.05) is 0 Å². The van der Waals surface area contributed by atoms with E-state index in [-0.39, 0.29) is 17.5 Å². The molecule has 0 radical (unpaired) electrons. The summed E-state index contributed by atoms with van der Waals surface area (Å²) in [6.45, 7) is 0. The van der Waals surface area contributed by atoms with E-state index in [1.54, 1.807) is 18.3 Å². The van der Waals surface area contributed by atoms with Crippen LogP contribution in [0.25, 0.3) is 0 Å². The lowest BCUT2D eigenvalue weighted by Gasteiger charge is -2.12. The lowest BCUT2D eigenvalue weighted by Crippen LogP contribution is -2.23. The molecule has 3 rings (SSSR count). The Morgan fingerprint density at radius 1 is 1.22 bits per heavy atom. The van der Waals surface area contributed by atoms with Gasteiger partial charge in [-0.25, -0.2) is 14.8 Å². The van der Waals surface area contributed by atoms with Crippen molar-refractivity contribution in [3.05, 3.63) is 34.4 Å². The van der Waals surface area contributed by atoms with Gasteiger partial charge < -0.3 is 0 Å². The summed E-state index contributed by atoms with van der Waals surface area (Å²) < 4.78 is 0.482. The highest BCUT2D eigenvalue weighted by Crippen LogP contribution is 2.30. The average molecular weight is 351 g/mol. The molecule has 2 N–H and O–H groups in total. The number of nitrogens with one attached hydrogen (secondary N) is 2. The van der Waals surface area contributed by atoms with Crippen molar-refractivity contribution < 1.29 is 9.59 Å². The lowest BCUT2D eigenvalue weighted by molar-refractivity contribution is 0.0923. The molecule has 0 saturated heterocycles. The monoisotopic (exact) mass is 350 g/mol. The van der Waals surface area contributed by atoms with Gasteiger partial charge in [0.05, 0.1) is 11.8 Å². The molecule has 0 aromatic carbocycles. The number of pyridine rings is 1. The predicted octanol–water partition coefficient (Wildman–Crippen LogP) is 4.21. The number of ketones is 1. The van der Waals surface area contributed by atoms with Crippen LogP contribution in [0.15, 0.2) is 24.5 Å². The smallest absolute Gasteiger partial charge is 0.294 e. The number of urea groups is 1. The van der Waals surface area contributed by atoms with E-state index in [0.29, 0.717) is 15.0 Å². The molecule has 2 aromatic heterocycles. The van der Waals surface area contributed by atoms with Gasteiger partial charge in [-0.2, -0.15) is 0 Å². The first kappa shape index (κ1) is 15.9. The van der Waals surface area contributed by atoms with Crippen LogP contribution in [0.5, 0.6) is 0 Å². The molecule has 0 bridgehead atoms. The average Bonchev–Trinajstić information content (AvgIpc) is 3.19. The van der Waals surface area contributed by atoms with Gasteiger partial charge >= 0.3 is 6.03 Å². The van der Waals surface area contributed by atoms with Gasteiger partial charge in [0.25, 0.3) is 0 Å². The number of carbonyl (C=O) groups is 2. The molecule has 0 unspecified atom stereocenters. The number of rotatable bonds is 4. The van der Waals surface area contributed by atoms with E-state index < -0.39 is 6.03 Å². The van der Waals surface area contributed by atoms with E-state index in [0.717, 1.165) is 37.0 Å². The maximum absolute atomic E-state index is 12.6. The van der Waals surface area contributed by atoms with E-state index in [1.165, 1.54) is 6.20 Å². The SMILES string of the molecule is O=C(Nc1ncc(Cl)s1)Nc1ncccc1C(=O)C1CCCC1. The first-order valence-electron chi connectivity index (χ1n) is 7.32. The van der Waals surface area contributed by atoms with Crippen molar-refractivity contribution in [2.75, 3.05) is 10.6 Å². The van der Waals surface area contributed by atoms with Gasteiger partial charge in [0.15, 0.2) is 10.9 Å². The Morgan fingerprint density at radius 2 is 2.00 bits per heavy atom. The van der Waals surface area contributed by atoms with Gasteiger partial charge in [0.1, 0.15) is 10.2 Å². The lowest BCUT2D eigenvalue weighted by atomic mass is 9.97. The zero-order chi connectivity index (χ0) is 16.2. The summed E-state index contributed by atoms with van der Waals surface area (Å²) in [7, 11) is 0. The molecule has 2 heterocycles. The summed E-state index contributed by atoms with van der Waals surface area (Å²) in [4.78, 5) is 32.7. The summed E-state index contributed by atoms with van der Waals surface area (Å²) in [5.41, 5.74) is 0.451. The fraction of sp³-hybridized carbons (Fsp3) is 0.333. The van der Waals surface area contributed by atoms with Gasteiger partial charge in [-0.15, -0.1) is 0 Å². The number of Topliss-reactive ketones (excluding diaryl/α,β-unsaturated/α-hetero) is 1. The van der Waals surface area contributed by atoms with Gasteiger partial charge in [-0.1, -0.05) is 35.8 Å². The van der Waals surface area contributed by atoms with Crippen molar-refractivity contribution >= 4 is 45.7 Å². The number of aromatic nitrogens is 2. The van der Waals surface area contributed by atoms with Crippen molar-refractivity contribution in [2.24, 2.45) is 5.92 Å². The Bertz CT molecular complexity index is 728. The molecular weight excluding hydrogens is 336 g/mol. The number of nitrogens with zero attached hydrogens (tertiary/aromatic N) is 2. The normalized spacial score (nSPS) is 14.7. The molecule has 0 spiro atoms. The highest BCUT2D eigenvalue weighted by Gasteiger charge is 2.26. The van der Waals surface area contributed by atoms with E-state index in [9.17, 15) is 9.59 Å². The van der Waals surface area contributed by atoms with Crippen LogP contribution < -0.4 is 10.6 Å². The third-order valence-electron chi connectivity index (χ3n) is 3.73. The second-order valence-corrected chi connectivity index (χ2v) is 6.96. The van der Waals surface area contributed by atoms with Crippen molar-refractivity contribution in [3.63, 3.8) is 0 Å². The molecule has 1 aliphatic carbocycles. The third-order valence-corrected chi connectivity index (χ3v) is 4.76. The molecule has 6 nitrogen and oxygen atoms in total. The second-order valence-electron chi connectivity index (χ2n) is 5.29. The number of amides is 2. The van der Waals surface area contributed by atoms with Crippen LogP contribution in [0, 0.1) is 5.92 Å². The molecule has 2 amide bonds. The highest BCUT2D eigenvalue weighted by atomic mass is 35.5. The van der Waals surface area contributed by atoms with Crippen molar-refractivity contribution in [1.29, 1.82) is 0 Å². The van der Waals surface area contributed by atoms with Crippen LogP contribution in [0.4, 0.5) is 15.7 Å². The Labute approximate surface area is 142 Å². The van der Waals surface area contributed by atoms with Crippen molar-refractivity contribution in [3.8, 4) is 0 Å². The van der Waals surface area contributed by atoms with E-state index >= 15 is 0 Å². The van der Waals surface area contributed by atoms with Crippen molar-refractivity contribution in [1.82, 2.24) is 9.97 Å². The first-order chi connectivity index (χ1) is 11.1. The van der Waals surface area contributed by atoms with Crippen LogP contribution in [-0.2, 0) is 0 Å². The Kier molecular flexibility index (Phi) is 4.88. The van der Waals surface area contributed by atoms with Gasteiger partial charge in [0.2, 0.25) is 0 Å². The number of anilines is 2. The summed E-state index contributed by atoms with van der Waals surface area (Å²) >= 11 is 6.92. The number of carbonyl (C=O) groups excluding carboxylic acids is 2. The minimum atomic E-state index is -0.504.